The highest BCUT2D eigenvalue weighted by atomic mass is 15.1. The Hall–Kier alpha value is -6.32. The van der Waals surface area contributed by atoms with Crippen molar-refractivity contribution in [2.45, 2.75) is 0 Å². The summed E-state index contributed by atoms with van der Waals surface area (Å²) in [5.41, 5.74) is 13.4. The highest BCUT2D eigenvalue weighted by molar-refractivity contribution is 5.96. The summed E-state index contributed by atoms with van der Waals surface area (Å²) < 4.78 is 0. The number of fused-ring (bicyclic) bond motifs is 1. The van der Waals surface area contributed by atoms with Crippen LogP contribution in [-0.2, 0) is 0 Å². The van der Waals surface area contributed by atoms with E-state index in [1.807, 2.05) is 24.3 Å². The van der Waals surface area contributed by atoms with Gasteiger partial charge in [-0.2, -0.15) is 0 Å². The molecular weight excluding hydrogens is 571 g/mol. The van der Waals surface area contributed by atoms with Gasteiger partial charge in [-0.15, -0.1) is 0 Å². The van der Waals surface area contributed by atoms with Crippen LogP contribution in [0.25, 0.3) is 55.8 Å². The van der Waals surface area contributed by atoms with Crippen LogP contribution in [-0.4, -0.2) is 9.97 Å². The van der Waals surface area contributed by atoms with Gasteiger partial charge in [0, 0.05) is 33.8 Å². The van der Waals surface area contributed by atoms with E-state index in [9.17, 15) is 0 Å². The van der Waals surface area contributed by atoms with E-state index in [4.69, 9.17) is 9.97 Å². The van der Waals surface area contributed by atoms with Crippen molar-refractivity contribution in [3.05, 3.63) is 188 Å². The van der Waals surface area contributed by atoms with Gasteiger partial charge in [0.1, 0.15) is 0 Å². The van der Waals surface area contributed by atoms with E-state index in [2.05, 4.69) is 169 Å². The van der Waals surface area contributed by atoms with E-state index in [-0.39, 0.29) is 0 Å². The van der Waals surface area contributed by atoms with Crippen molar-refractivity contribution < 1.29 is 0 Å². The van der Waals surface area contributed by atoms with Crippen LogP contribution in [0.3, 0.4) is 0 Å². The minimum absolute atomic E-state index is 0.856. The number of benzene rings is 7. The van der Waals surface area contributed by atoms with E-state index in [1.54, 1.807) is 0 Å². The highest BCUT2D eigenvalue weighted by Gasteiger charge is 2.17. The zero-order chi connectivity index (χ0) is 31.4. The van der Waals surface area contributed by atoms with E-state index in [1.165, 1.54) is 11.1 Å². The maximum atomic E-state index is 5.39. The van der Waals surface area contributed by atoms with Crippen molar-refractivity contribution in [1.29, 1.82) is 0 Å². The summed E-state index contributed by atoms with van der Waals surface area (Å²) >= 11 is 0. The van der Waals surface area contributed by atoms with Crippen molar-refractivity contribution in [3.8, 4) is 44.8 Å². The molecule has 3 heteroatoms. The molecule has 1 aromatic heterocycles. The van der Waals surface area contributed by atoms with Gasteiger partial charge in [-0.3, -0.25) is 0 Å². The maximum absolute atomic E-state index is 5.39. The first-order chi connectivity index (χ1) is 23.3. The summed E-state index contributed by atoms with van der Waals surface area (Å²) in [5, 5.41) is 0. The van der Waals surface area contributed by atoms with Gasteiger partial charge in [-0.05, 0) is 59.2 Å². The van der Waals surface area contributed by atoms with Crippen molar-refractivity contribution in [3.63, 3.8) is 0 Å². The Morgan fingerprint density at radius 2 is 0.723 bits per heavy atom. The number of rotatable bonds is 7. The smallest absolute Gasteiger partial charge is 0.0973 e. The monoisotopic (exact) mass is 601 g/mol. The van der Waals surface area contributed by atoms with Crippen molar-refractivity contribution in [1.82, 2.24) is 9.97 Å². The fraction of sp³-hybridized carbons (Fsp3) is 0. The van der Waals surface area contributed by atoms with Crippen LogP contribution in [0.15, 0.2) is 188 Å². The van der Waals surface area contributed by atoms with Gasteiger partial charge in [0.2, 0.25) is 0 Å². The molecule has 0 radical (unpaired) electrons. The number of para-hydroxylation sites is 3. The maximum Gasteiger partial charge on any atom is 0.0973 e. The van der Waals surface area contributed by atoms with Gasteiger partial charge in [0.05, 0.1) is 22.4 Å². The first-order valence-corrected chi connectivity index (χ1v) is 15.8. The predicted molar refractivity (Wildman–Crippen MR) is 196 cm³/mol. The van der Waals surface area contributed by atoms with Crippen molar-refractivity contribution in [2.75, 3.05) is 4.90 Å². The largest absolute Gasteiger partial charge is 0.311 e. The van der Waals surface area contributed by atoms with Crippen LogP contribution in [0, 0.1) is 0 Å². The van der Waals surface area contributed by atoms with Crippen LogP contribution in [0.4, 0.5) is 17.1 Å². The second-order valence-electron chi connectivity index (χ2n) is 11.5. The Balaban J connectivity index is 1.25. The lowest BCUT2D eigenvalue weighted by Gasteiger charge is -2.25. The molecule has 3 nitrogen and oxygen atoms in total. The van der Waals surface area contributed by atoms with Crippen molar-refractivity contribution >= 4 is 28.1 Å². The molecule has 1 heterocycles. The van der Waals surface area contributed by atoms with Gasteiger partial charge in [-0.1, -0.05) is 146 Å². The van der Waals surface area contributed by atoms with E-state index < -0.39 is 0 Å². The molecule has 7 aromatic carbocycles. The molecule has 0 spiro atoms. The number of anilines is 3. The Morgan fingerprint density at radius 3 is 1.32 bits per heavy atom. The fourth-order valence-electron chi connectivity index (χ4n) is 6.15. The Kier molecular flexibility index (Phi) is 7.54. The molecule has 0 aliphatic carbocycles. The lowest BCUT2D eigenvalue weighted by atomic mass is 9.98. The molecular formula is C44H31N3. The molecule has 0 saturated carbocycles. The molecule has 0 amide bonds. The second-order valence-corrected chi connectivity index (χ2v) is 11.5. The lowest BCUT2D eigenvalue weighted by Crippen LogP contribution is -2.09. The SMILES string of the molecule is c1ccc(-c2ccc(-c3cccc4nc(-c5ccccc5)c(-c5ccc(N(c6ccccc6)c6ccccc6)cc5)nc34)cc2)cc1. The summed E-state index contributed by atoms with van der Waals surface area (Å²) in [6.07, 6.45) is 0. The van der Waals surface area contributed by atoms with Gasteiger partial charge < -0.3 is 4.90 Å². The average Bonchev–Trinajstić information content (AvgIpc) is 3.16. The number of aromatic nitrogens is 2. The van der Waals surface area contributed by atoms with Gasteiger partial charge in [0.15, 0.2) is 0 Å². The summed E-state index contributed by atoms with van der Waals surface area (Å²) in [4.78, 5) is 12.9. The first-order valence-electron chi connectivity index (χ1n) is 15.8. The van der Waals surface area contributed by atoms with Crippen LogP contribution in [0.5, 0.6) is 0 Å². The van der Waals surface area contributed by atoms with Gasteiger partial charge >= 0.3 is 0 Å². The first kappa shape index (κ1) is 28.2. The van der Waals surface area contributed by atoms with Crippen LogP contribution in [0.1, 0.15) is 0 Å². The fourth-order valence-corrected chi connectivity index (χ4v) is 6.15. The number of hydrogen-bond acceptors (Lipinski definition) is 3. The van der Waals surface area contributed by atoms with Crippen LogP contribution >= 0.6 is 0 Å². The molecule has 0 unspecified atom stereocenters. The van der Waals surface area contributed by atoms with E-state index >= 15 is 0 Å². The Bertz CT molecular complexity index is 2210. The molecule has 222 valence electrons. The Morgan fingerprint density at radius 1 is 0.298 bits per heavy atom. The highest BCUT2D eigenvalue weighted by Crippen LogP contribution is 2.38. The minimum atomic E-state index is 0.856. The van der Waals surface area contributed by atoms with Gasteiger partial charge in [0.25, 0.3) is 0 Å². The molecule has 0 bridgehead atoms. The summed E-state index contributed by atoms with van der Waals surface area (Å²) in [6, 6.07) is 65.4. The summed E-state index contributed by atoms with van der Waals surface area (Å²) in [6.45, 7) is 0. The standard InChI is InChI=1S/C44H31N3/c1-5-14-32(15-6-1)33-24-26-34(27-25-33)40-22-13-23-41-44(40)46-43(42(45-41)35-16-7-2-8-17-35)36-28-30-39(31-29-36)47(37-18-9-3-10-19-37)38-20-11-4-12-21-38/h1-31H. The van der Waals surface area contributed by atoms with E-state index in [0.717, 1.165) is 61.7 Å². The normalized spacial score (nSPS) is 11.0. The van der Waals surface area contributed by atoms with Crippen molar-refractivity contribution in [2.24, 2.45) is 0 Å². The molecule has 47 heavy (non-hydrogen) atoms. The van der Waals surface area contributed by atoms with E-state index in [0.29, 0.717) is 0 Å². The van der Waals surface area contributed by atoms with Gasteiger partial charge in [-0.25, -0.2) is 9.97 Å². The molecule has 8 aromatic rings. The quantitative estimate of drug-likeness (QED) is 0.182. The molecule has 0 N–H and O–H groups in total. The number of hydrogen-bond donors (Lipinski definition) is 0. The second kappa shape index (κ2) is 12.6. The lowest BCUT2D eigenvalue weighted by molar-refractivity contribution is 1.27. The van der Waals surface area contributed by atoms with Crippen LogP contribution in [0.2, 0.25) is 0 Å². The van der Waals surface area contributed by atoms with Crippen LogP contribution < -0.4 is 4.90 Å². The Labute approximate surface area is 275 Å². The molecule has 8 rings (SSSR count). The molecule has 0 aliphatic rings. The third-order valence-corrected chi connectivity index (χ3v) is 8.47. The molecule has 0 aliphatic heterocycles. The molecule has 0 saturated heterocycles. The topological polar surface area (TPSA) is 29.0 Å². The number of nitrogens with zero attached hydrogens (tertiary/aromatic N) is 3. The zero-order valence-electron chi connectivity index (χ0n) is 25.7. The zero-order valence-corrected chi connectivity index (χ0v) is 25.7. The minimum Gasteiger partial charge on any atom is -0.311 e. The molecule has 0 fully saturated rings. The summed E-state index contributed by atoms with van der Waals surface area (Å²) in [7, 11) is 0. The third kappa shape index (κ3) is 5.67. The predicted octanol–water partition coefficient (Wildman–Crippen LogP) is 11.8. The third-order valence-electron chi connectivity index (χ3n) is 8.47. The molecule has 0 atom stereocenters. The average molecular weight is 602 g/mol. The summed E-state index contributed by atoms with van der Waals surface area (Å²) in [5.74, 6) is 0.